The molecule has 0 aliphatic heterocycles. The topological polar surface area (TPSA) is 23.5 Å². The smallest absolute Gasteiger partial charge is 0.393 e. The van der Waals surface area contributed by atoms with Gasteiger partial charge in [-0.25, -0.2) is 0 Å². The Morgan fingerprint density at radius 3 is 2.11 bits per heavy atom. The number of aliphatic hydroxyl groups excluding tert-OH is 1. The fourth-order valence-electron chi connectivity index (χ4n) is 2.60. The molecule has 1 N–H and O–H groups in total. The largest absolute Gasteiger partial charge is 0.401 e. The van der Waals surface area contributed by atoms with Crippen molar-refractivity contribution in [3.8, 4) is 0 Å². The minimum Gasteiger partial charge on any atom is -0.393 e. The minimum absolute atomic E-state index is 0.0236. The molecule has 0 radical (unpaired) electrons. The van der Waals surface area contributed by atoms with Crippen molar-refractivity contribution >= 4 is 0 Å². The third kappa shape index (κ3) is 4.83. The first-order valence-corrected chi connectivity index (χ1v) is 6.10. The first kappa shape index (κ1) is 16.6. The van der Waals surface area contributed by atoms with Crippen molar-refractivity contribution in [3.05, 3.63) is 0 Å². The van der Waals surface area contributed by atoms with E-state index in [0.29, 0.717) is 0 Å². The number of hydrogen-bond acceptors (Lipinski definition) is 2. The monoisotopic (exact) mass is 293 g/mol. The zero-order valence-corrected chi connectivity index (χ0v) is 10.4. The molecule has 0 aromatic rings. The second-order valence-corrected chi connectivity index (χ2v) is 4.86. The van der Waals surface area contributed by atoms with Gasteiger partial charge in [-0.2, -0.15) is 26.3 Å². The van der Waals surface area contributed by atoms with Gasteiger partial charge in [0.25, 0.3) is 0 Å². The summed E-state index contributed by atoms with van der Waals surface area (Å²) < 4.78 is 75.7. The van der Waals surface area contributed by atoms with Crippen molar-refractivity contribution in [3.63, 3.8) is 0 Å². The standard InChI is InChI=1S/C11H17F6NO/c1-2-18(6-10(12,13)14)9-5-7(19)3-4-8(9)11(15,16)17/h7-9,19H,2-6H2,1H3. The summed E-state index contributed by atoms with van der Waals surface area (Å²) >= 11 is 0. The van der Waals surface area contributed by atoms with Gasteiger partial charge in [0.15, 0.2) is 0 Å². The molecular weight excluding hydrogens is 276 g/mol. The molecule has 2 nitrogen and oxygen atoms in total. The van der Waals surface area contributed by atoms with Crippen LogP contribution in [0.15, 0.2) is 0 Å². The normalized spacial score (nSPS) is 29.8. The molecule has 3 atom stereocenters. The van der Waals surface area contributed by atoms with Crippen LogP contribution in [0, 0.1) is 5.92 Å². The zero-order valence-electron chi connectivity index (χ0n) is 10.4. The third-order valence-corrected chi connectivity index (χ3v) is 3.47. The van der Waals surface area contributed by atoms with E-state index in [1.165, 1.54) is 6.92 Å². The quantitative estimate of drug-likeness (QED) is 0.809. The molecule has 19 heavy (non-hydrogen) atoms. The molecule has 0 saturated heterocycles. The van der Waals surface area contributed by atoms with Crippen molar-refractivity contribution < 1.29 is 31.4 Å². The third-order valence-electron chi connectivity index (χ3n) is 3.47. The highest BCUT2D eigenvalue weighted by Crippen LogP contribution is 2.40. The van der Waals surface area contributed by atoms with Crippen molar-refractivity contribution in [1.82, 2.24) is 4.90 Å². The molecule has 1 saturated carbocycles. The van der Waals surface area contributed by atoms with Crippen molar-refractivity contribution in [1.29, 1.82) is 0 Å². The first-order chi connectivity index (χ1) is 8.54. The van der Waals surface area contributed by atoms with Crippen molar-refractivity contribution in [2.45, 2.75) is 50.7 Å². The molecule has 0 aromatic heterocycles. The number of halogens is 6. The van der Waals surface area contributed by atoms with Crippen LogP contribution in [0.1, 0.15) is 26.2 Å². The Labute approximate surface area is 107 Å². The van der Waals surface area contributed by atoms with Crippen LogP contribution in [0.4, 0.5) is 26.3 Å². The van der Waals surface area contributed by atoms with E-state index >= 15 is 0 Å². The Hall–Kier alpha value is -0.500. The van der Waals surface area contributed by atoms with Crippen LogP contribution in [0.25, 0.3) is 0 Å². The van der Waals surface area contributed by atoms with Gasteiger partial charge in [0.2, 0.25) is 0 Å². The van der Waals surface area contributed by atoms with Gasteiger partial charge >= 0.3 is 12.4 Å². The summed E-state index contributed by atoms with van der Waals surface area (Å²) in [6, 6.07) is -1.31. The zero-order chi connectivity index (χ0) is 14.8. The molecule has 1 aliphatic carbocycles. The maximum atomic E-state index is 12.9. The lowest BCUT2D eigenvalue weighted by molar-refractivity contribution is -0.216. The molecule has 1 aliphatic rings. The van der Waals surface area contributed by atoms with E-state index in [0.717, 1.165) is 4.90 Å². The summed E-state index contributed by atoms with van der Waals surface area (Å²) in [5.74, 6) is -1.81. The molecule has 0 aromatic carbocycles. The van der Waals surface area contributed by atoms with Gasteiger partial charge in [0, 0.05) is 6.04 Å². The van der Waals surface area contributed by atoms with E-state index in [9.17, 15) is 31.4 Å². The Kier molecular flexibility index (Phi) is 5.11. The number of alkyl halides is 6. The van der Waals surface area contributed by atoms with Gasteiger partial charge in [0.1, 0.15) is 0 Å². The lowest BCUT2D eigenvalue weighted by Gasteiger charge is -2.42. The highest BCUT2D eigenvalue weighted by atomic mass is 19.4. The maximum Gasteiger partial charge on any atom is 0.401 e. The minimum atomic E-state index is -4.55. The average molecular weight is 293 g/mol. The molecule has 0 amide bonds. The summed E-state index contributed by atoms with van der Waals surface area (Å²) in [6.07, 6.45) is -10.7. The summed E-state index contributed by atoms with van der Waals surface area (Å²) in [4.78, 5) is 0.764. The Morgan fingerprint density at radius 1 is 1.11 bits per heavy atom. The van der Waals surface area contributed by atoms with Crippen LogP contribution < -0.4 is 0 Å². The Morgan fingerprint density at radius 2 is 1.68 bits per heavy atom. The van der Waals surface area contributed by atoms with Crippen LogP contribution in [-0.2, 0) is 0 Å². The van der Waals surface area contributed by atoms with Gasteiger partial charge in [0.05, 0.1) is 18.6 Å². The van der Waals surface area contributed by atoms with Gasteiger partial charge in [-0.3, -0.25) is 4.90 Å². The fourth-order valence-corrected chi connectivity index (χ4v) is 2.60. The van der Waals surface area contributed by atoms with Gasteiger partial charge < -0.3 is 5.11 Å². The summed E-state index contributed by atoms with van der Waals surface area (Å²) in [6.45, 7) is -0.128. The molecular formula is C11H17F6NO. The van der Waals surface area contributed by atoms with Crippen LogP contribution in [0.5, 0.6) is 0 Å². The molecule has 1 fully saturated rings. The van der Waals surface area contributed by atoms with E-state index in [1.54, 1.807) is 0 Å². The van der Waals surface area contributed by atoms with Crippen LogP contribution in [-0.4, -0.2) is 47.6 Å². The summed E-state index contributed by atoms with van der Waals surface area (Å²) in [5.41, 5.74) is 0. The number of nitrogens with zero attached hydrogens (tertiary/aromatic N) is 1. The molecule has 3 unspecified atom stereocenters. The van der Waals surface area contributed by atoms with E-state index in [1.807, 2.05) is 0 Å². The second-order valence-electron chi connectivity index (χ2n) is 4.86. The number of hydrogen-bond donors (Lipinski definition) is 1. The van der Waals surface area contributed by atoms with Gasteiger partial charge in [-0.05, 0) is 25.8 Å². The van der Waals surface area contributed by atoms with E-state index in [-0.39, 0.29) is 25.8 Å². The molecule has 8 heteroatoms. The SMILES string of the molecule is CCN(CC(F)(F)F)C1CC(O)CCC1C(F)(F)F. The highest BCUT2D eigenvalue weighted by Gasteiger charge is 2.50. The predicted octanol–water partition coefficient (Wildman–Crippen LogP) is 2.96. The molecule has 1 rings (SSSR count). The molecule has 0 spiro atoms. The fraction of sp³-hybridized carbons (Fsp3) is 1.00. The second kappa shape index (κ2) is 5.87. The predicted molar refractivity (Wildman–Crippen MR) is 56.5 cm³/mol. The number of aliphatic hydroxyl groups is 1. The lowest BCUT2D eigenvalue weighted by Crippen LogP contribution is -2.52. The van der Waals surface area contributed by atoms with E-state index in [4.69, 9.17) is 0 Å². The van der Waals surface area contributed by atoms with E-state index in [2.05, 4.69) is 0 Å². The Bertz CT molecular complexity index is 290. The van der Waals surface area contributed by atoms with Crippen LogP contribution >= 0.6 is 0 Å². The van der Waals surface area contributed by atoms with Crippen molar-refractivity contribution in [2.24, 2.45) is 5.92 Å². The molecule has 0 bridgehead atoms. The summed E-state index contributed by atoms with van der Waals surface area (Å²) in [7, 11) is 0. The molecule has 0 heterocycles. The number of rotatable bonds is 3. The van der Waals surface area contributed by atoms with Crippen LogP contribution in [0.3, 0.4) is 0 Å². The first-order valence-electron chi connectivity index (χ1n) is 6.10. The maximum absolute atomic E-state index is 12.9. The average Bonchev–Trinajstić information content (AvgIpc) is 2.22. The van der Waals surface area contributed by atoms with Gasteiger partial charge in [-0.15, -0.1) is 0 Å². The highest BCUT2D eigenvalue weighted by molar-refractivity contribution is 4.90. The Balaban J connectivity index is 2.88. The van der Waals surface area contributed by atoms with Crippen molar-refractivity contribution in [2.75, 3.05) is 13.1 Å². The lowest BCUT2D eigenvalue weighted by atomic mass is 9.81. The summed E-state index contributed by atoms with van der Waals surface area (Å²) in [5, 5.41) is 9.43. The van der Waals surface area contributed by atoms with Gasteiger partial charge in [-0.1, -0.05) is 6.92 Å². The van der Waals surface area contributed by atoms with E-state index < -0.39 is 37.0 Å². The van der Waals surface area contributed by atoms with Crippen LogP contribution in [0.2, 0.25) is 0 Å². The molecule has 114 valence electrons.